The number of carbonyl (C=O) groups is 1. The van der Waals surface area contributed by atoms with Crippen molar-refractivity contribution in [3.8, 4) is 17.2 Å². The molecule has 0 bridgehead atoms. The number of hydrogen-bond donors (Lipinski definition) is 1. The van der Waals surface area contributed by atoms with Gasteiger partial charge in [0.25, 0.3) is 5.91 Å². The number of nitrogens with one attached hydrogen (secondary N) is 1. The number of amides is 1. The lowest BCUT2D eigenvalue weighted by atomic mass is 10.1. The maximum absolute atomic E-state index is 13.2. The Balaban J connectivity index is 1.47. The molecular formula is C23H19ClN2O4. The van der Waals surface area contributed by atoms with Crippen molar-refractivity contribution in [3.05, 3.63) is 82.4 Å². The lowest BCUT2D eigenvalue weighted by Crippen LogP contribution is -2.31. The fraction of sp³-hybridized carbons (Fsp3) is 0.174. The maximum Gasteiger partial charge on any atom is 0.256 e. The van der Waals surface area contributed by atoms with Gasteiger partial charge in [-0.25, -0.2) is 0 Å². The Morgan fingerprint density at radius 3 is 2.77 bits per heavy atom. The molecule has 0 radical (unpaired) electrons. The molecule has 7 heteroatoms. The number of methoxy groups -OCH3 is 1. The van der Waals surface area contributed by atoms with Crippen molar-refractivity contribution >= 4 is 23.2 Å². The van der Waals surface area contributed by atoms with Gasteiger partial charge in [-0.15, -0.1) is 0 Å². The number of hydrogen-bond acceptors (Lipinski definition) is 5. The van der Waals surface area contributed by atoms with E-state index in [1.54, 1.807) is 24.1 Å². The summed E-state index contributed by atoms with van der Waals surface area (Å²) >= 11 is 6.29. The van der Waals surface area contributed by atoms with Gasteiger partial charge in [-0.3, -0.25) is 4.79 Å². The molecule has 1 amide bonds. The van der Waals surface area contributed by atoms with Crippen molar-refractivity contribution < 1.29 is 19.0 Å². The van der Waals surface area contributed by atoms with Crippen molar-refractivity contribution in [1.82, 2.24) is 4.90 Å². The molecule has 0 aromatic heterocycles. The van der Waals surface area contributed by atoms with Crippen molar-refractivity contribution in [2.45, 2.75) is 12.7 Å². The van der Waals surface area contributed by atoms with Crippen LogP contribution in [-0.4, -0.2) is 24.7 Å². The highest BCUT2D eigenvalue weighted by Gasteiger charge is 2.36. The number of carbonyl (C=O) groups excluding carboxylic acids is 1. The van der Waals surface area contributed by atoms with Gasteiger partial charge in [0.05, 0.1) is 12.1 Å². The largest absolute Gasteiger partial charge is 0.495 e. The number of ether oxygens (including phenoxy) is 3. The summed E-state index contributed by atoms with van der Waals surface area (Å²) in [5.74, 6) is 1.99. The molecule has 2 aliphatic heterocycles. The maximum atomic E-state index is 13.2. The average molecular weight is 423 g/mol. The smallest absolute Gasteiger partial charge is 0.256 e. The second-order valence-electron chi connectivity index (χ2n) is 7.10. The third kappa shape index (κ3) is 3.19. The number of benzene rings is 3. The molecular weight excluding hydrogens is 404 g/mol. The summed E-state index contributed by atoms with van der Waals surface area (Å²) in [4.78, 5) is 15.0. The van der Waals surface area contributed by atoms with Crippen LogP contribution in [0.2, 0.25) is 5.02 Å². The van der Waals surface area contributed by atoms with Crippen LogP contribution in [0.1, 0.15) is 27.7 Å². The predicted molar refractivity (Wildman–Crippen MR) is 113 cm³/mol. The monoisotopic (exact) mass is 422 g/mol. The molecule has 2 aliphatic rings. The molecule has 30 heavy (non-hydrogen) atoms. The molecule has 6 nitrogen and oxygen atoms in total. The Morgan fingerprint density at radius 1 is 1.10 bits per heavy atom. The number of anilines is 1. The lowest BCUT2D eigenvalue weighted by molar-refractivity contribution is 0.0728. The van der Waals surface area contributed by atoms with Crippen LogP contribution in [-0.2, 0) is 6.54 Å². The van der Waals surface area contributed by atoms with E-state index in [2.05, 4.69) is 5.32 Å². The van der Waals surface area contributed by atoms with Crippen LogP contribution in [0.4, 0.5) is 5.69 Å². The van der Waals surface area contributed by atoms with Gasteiger partial charge in [-0.05, 0) is 42.0 Å². The quantitative estimate of drug-likeness (QED) is 0.637. The first-order valence-electron chi connectivity index (χ1n) is 9.52. The van der Waals surface area contributed by atoms with Crippen LogP contribution in [0.5, 0.6) is 17.2 Å². The Kier molecular flexibility index (Phi) is 4.64. The lowest BCUT2D eigenvalue weighted by Gasteiger charge is -2.27. The van der Waals surface area contributed by atoms with Crippen LogP contribution >= 0.6 is 11.6 Å². The van der Waals surface area contributed by atoms with E-state index in [9.17, 15) is 4.79 Å². The molecule has 1 unspecified atom stereocenters. The van der Waals surface area contributed by atoms with Crippen LogP contribution in [0.15, 0.2) is 60.7 Å². The van der Waals surface area contributed by atoms with Crippen molar-refractivity contribution in [1.29, 1.82) is 0 Å². The SMILES string of the molecule is COc1ccc(NC2c3ccccc3C(=O)N2Cc2ccc3c(c2)OCO3)cc1Cl. The van der Waals surface area contributed by atoms with Crippen molar-refractivity contribution in [2.75, 3.05) is 19.2 Å². The van der Waals surface area contributed by atoms with Crippen LogP contribution in [0, 0.1) is 0 Å². The number of rotatable bonds is 5. The first kappa shape index (κ1) is 18.6. The molecule has 2 heterocycles. The number of fused-ring (bicyclic) bond motifs is 2. The molecule has 3 aromatic carbocycles. The minimum Gasteiger partial charge on any atom is -0.495 e. The zero-order valence-electron chi connectivity index (χ0n) is 16.2. The Hall–Kier alpha value is -3.38. The van der Waals surface area contributed by atoms with Gasteiger partial charge in [-0.1, -0.05) is 35.9 Å². The molecule has 0 saturated heterocycles. The first-order valence-corrected chi connectivity index (χ1v) is 9.90. The zero-order valence-corrected chi connectivity index (χ0v) is 17.0. The number of halogens is 1. The average Bonchev–Trinajstić information content (AvgIpc) is 3.32. The van der Waals surface area contributed by atoms with Crippen LogP contribution < -0.4 is 19.5 Å². The molecule has 152 valence electrons. The normalized spacial score (nSPS) is 16.5. The van der Waals surface area contributed by atoms with E-state index in [0.717, 1.165) is 22.6 Å². The van der Waals surface area contributed by atoms with Gasteiger partial charge in [0, 0.05) is 23.4 Å². The summed E-state index contributed by atoms with van der Waals surface area (Å²) in [6.07, 6.45) is -0.330. The summed E-state index contributed by atoms with van der Waals surface area (Å²) in [5.41, 5.74) is 3.37. The van der Waals surface area contributed by atoms with Crippen LogP contribution in [0.25, 0.3) is 0 Å². The molecule has 1 N–H and O–H groups in total. The van der Waals surface area contributed by atoms with E-state index < -0.39 is 0 Å². The van der Waals surface area contributed by atoms with E-state index in [-0.39, 0.29) is 18.9 Å². The minimum atomic E-state index is -0.330. The molecule has 3 aromatic rings. The molecule has 0 fully saturated rings. The van der Waals surface area contributed by atoms with Gasteiger partial charge in [0.15, 0.2) is 11.5 Å². The second-order valence-corrected chi connectivity index (χ2v) is 7.51. The standard InChI is InChI=1S/C23H19ClN2O4/c1-28-19-9-7-15(11-18(19)24)25-22-16-4-2-3-5-17(16)23(27)26(22)12-14-6-8-20-21(10-14)30-13-29-20/h2-11,22,25H,12-13H2,1H3. The second kappa shape index (κ2) is 7.46. The topological polar surface area (TPSA) is 60.0 Å². The Morgan fingerprint density at radius 2 is 1.93 bits per heavy atom. The molecule has 0 spiro atoms. The summed E-state index contributed by atoms with van der Waals surface area (Å²) in [6, 6.07) is 18.9. The van der Waals surface area contributed by atoms with Gasteiger partial charge >= 0.3 is 0 Å². The number of nitrogens with zero attached hydrogens (tertiary/aromatic N) is 1. The van der Waals surface area contributed by atoms with Gasteiger partial charge < -0.3 is 24.4 Å². The predicted octanol–water partition coefficient (Wildman–Crippen LogP) is 4.84. The molecule has 0 saturated carbocycles. The zero-order chi connectivity index (χ0) is 20.7. The summed E-state index contributed by atoms with van der Waals surface area (Å²) in [6.45, 7) is 0.640. The summed E-state index contributed by atoms with van der Waals surface area (Å²) < 4.78 is 16.1. The third-order valence-electron chi connectivity index (χ3n) is 5.30. The first-order chi connectivity index (χ1) is 14.6. The van der Waals surface area contributed by atoms with E-state index in [0.29, 0.717) is 28.6 Å². The van der Waals surface area contributed by atoms with E-state index in [1.807, 2.05) is 48.5 Å². The Bertz CT molecular complexity index is 1130. The summed E-state index contributed by atoms with van der Waals surface area (Å²) in [7, 11) is 1.58. The molecule has 5 rings (SSSR count). The van der Waals surface area contributed by atoms with E-state index in [4.69, 9.17) is 25.8 Å². The third-order valence-corrected chi connectivity index (χ3v) is 5.60. The van der Waals surface area contributed by atoms with Crippen molar-refractivity contribution in [2.24, 2.45) is 0 Å². The van der Waals surface area contributed by atoms with Gasteiger partial charge in [-0.2, -0.15) is 0 Å². The fourth-order valence-electron chi connectivity index (χ4n) is 3.84. The Labute approximate surface area is 178 Å². The van der Waals surface area contributed by atoms with Crippen LogP contribution in [0.3, 0.4) is 0 Å². The summed E-state index contributed by atoms with van der Waals surface area (Å²) in [5, 5.41) is 3.95. The van der Waals surface area contributed by atoms with Gasteiger partial charge in [0.2, 0.25) is 6.79 Å². The van der Waals surface area contributed by atoms with E-state index >= 15 is 0 Å². The molecule has 1 atom stereocenters. The van der Waals surface area contributed by atoms with Gasteiger partial charge in [0.1, 0.15) is 11.9 Å². The highest BCUT2D eigenvalue weighted by molar-refractivity contribution is 6.32. The molecule has 0 aliphatic carbocycles. The fourth-order valence-corrected chi connectivity index (χ4v) is 4.10. The van der Waals surface area contributed by atoms with E-state index in [1.165, 1.54) is 0 Å². The minimum absolute atomic E-state index is 0.0274. The highest BCUT2D eigenvalue weighted by atomic mass is 35.5. The van der Waals surface area contributed by atoms with Crippen molar-refractivity contribution in [3.63, 3.8) is 0 Å². The highest BCUT2D eigenvalue weighted by Crippen LogP contribution is 2.38.